The molecule has 0 bridgehead atoms. The van der Waals surface area contributed by atoms with Gasteiger partial charge in [-0.15, -0.1) is 0 Å². The number of nitrogens with zero attached hydrogens (tertiary/aromatic N) is 2. The minimum Gasteiger partial charge on any atom is -0.455 e. The molecule has 2 heterocycles. The Morgan fingerprint density at radius 2 is 1.76 bits per heavy atom. The second kappa shape index (κ2) is 9.41. The molecule has 33 heavy (non-hydrogen) atoms. The van der Waals surface area contributed by atoms with Crippen LogP contribution in [0.5, 0.6) is 0 Å². The maximum absolute atomic E-state index is 13.0. The van der Waals surface area contributed by atoms with Crippen LogP contribution < -0.4 is 4.90 Å². The van der Waals surface area contributed by atoms with Crippen LogP contribution in [0.1, 0.15) is 28.8 Å². The average molecular weight is 507 g/mol. The molecule has 3 aromatic rings. The normalized spacial score (nSPS) is 16.8. The molecule has 2 aromatic carbocycles. The lowest BCUT2D eigenvalue weighted by Gasteiger charge is -2.41. The summed E-state index contributed by atoms with van der Waals surface area (Å²) in [7, 11) is -3.85. The molecule has 0 spiro atoms. The van der Waals surface area contributed by atoms with Crippen LogP contribution in [0.25, 0.3) is 0 Å². The minimum absolute atomic E-state index is 0.0471. The van der Waals surface area contributed by atoms with Gasteiger partial charge in [0.05, 0.1) is 10.0 Å². The van der Waals surface area contributed by atoms with Crippen LogP contribution in [0.4, 0.5) is 5.69 Å². The zero-order valence-electron chi connectivity index (χ0n) is 18.3. The third kappa shape index (κ3) is 5.05. The van der Waals surface area contributed by atoms with Crippen LogP contribution in [-0.2, 0) is 15.6 Å². The Morgan fingerprint density at radius 3 is 2.42 bits per heavy atom. The summed E-state index contributed by atoms with van der Waals surface area (Å²) in [5.41, 5.74) is 2.33. The van der Waals surface area contributed by atoms with Gasteiger partial charge in [-0.25, -0.2) is 8.42 Å². The number of benzene rings is 2. The Hall–Kier alpha value is -2.48. The number of halogens is 2. The predicted octanol–water partition coefficient (Wildman–Crippen LogP) is 5.22. The standard InChI is InChI=1S/C24H24Cl2N2O4S/c1-16-5-3-6-18(13-16)28-12-11-27(14-17(28)2)24(29)22-10-9-19(32-22)15-33(30,31)23-20(25)7-4-8-21(23)26/h3-10,13,17H,11-12,14-15H2,1-2H3. The topological polar surface area (TPSA) is 70.8 Å². The number of sulfone groups is 1. The molecule has 1 saturated heterocycles. The number of furan rings is 1. The highest BCUT2D eigenvalue weighted by Gasteiger charge is 2.30. The Morgan fingerprint density at radius 1 is 1.06 bits per heavy atom. The number of carbonyl (C=O) groups is 1. The van der Waals surface area contributed by atoms with Gasteiger partial charge in [0, 0.05) is 31.4 Å². The van der Waals surface area contributed by atoms with Gasteiger partial charge in [-0.3, -0.25) is 4.79 Å². The highest BCUT2D eigenvalue weighted by Crippen LogP contribution is 2.32. The fraction of sp³-hybridized carbons (Fsp3) is 0.292. The third-order valence-corrected chi connectivity index (χ3v) is 8.26. The minimum atomic E-state index is -3.85. The Balaban J connectivity index is 1.45. The summed E-state index contributed by atoms with van der Waals surface area (Å²) in [4.78, 5) is 16.9. The fourth-order valence-electron chi connectivity index (χ4n) is 4.10. The summed E-state index contributed by atoms with van der Waals surface area (Å²) in [5.74, 6) is -0.436. The summed E-state index contributed by atoms with van der Waals surface area (Å²) in [6.07, 6.45) is 0. The first-order valence-corrected chi connectivity index (χ1v) is 12.9. The van der Waals surface area contributed by atoms with Gasteiger partial charge in [0.1, 0.15) is 16.4 Å². The third-order valence-electron chi connectivity index (χ3n) is 5.68. The van der Waals surface area contributed by atoms with E-state index in [0.717, 1.165) is 5.69 Å². The van der Waals surface area contributed by atoms with Gasteiger partial charge in [-0.05, 0) is 55.8 Å². The number of hydrogen-bond donors (Lipinski definition) is 0. The van der Waals surface area contributed by atoms with Crippen molar-refractivity contribution in [1.82, 2.24) is 4.90 Å². The van der Waals surface area contributed by atoms with Gasteiger partial charge in [0.25, 0.3) is 5.91 Å². The molecule has 1 aliphatic heterocycles. The number of carbonyl (C=O) groups excluding carboxylic acids is 1. The fourth-order valence-corrected chi connectivity index (χ4v) is 6.60. The molecule has 4 rings (SSSR count). The lowest BCUT2D eigenvalue weighted by atomic mass is 10.1. The number of anilines is 1. The molecule has 0 N–H and O–H groups in total. The lowest BCUT2D eigenvalue weighted by molar-refractivity contribution is 0.0692. The molecule has 1 fully saturated rings. The molecule has 1 amide bonds. The van der Waals surface area contributed by atoms with Crippen molar-refractivity contribution in [3.8, 4) is 0 Å². The largest absolute Gasteiger partial charge is 0.455 e. The highest BCUT2D eigenvalue weighted by molar-refractivity contribution is 7.90. The number of piperazine rings is 1. The van der Waals surface area contributed by atoms with E-state index in [-0.39, 0.29) is 38.4 Å². The molecule has 0 aliphatic carbocycles. The first-order chi connectivity index (χ1) is 15.7. The number of rotatable bonds is 5. The monoisotopic (exact) mass is 506 g/mol. The maximum Gasteiger partial charge on any atom is 0.289 e. The van der Waals surface area contributed by atoms with Crippen LogP contribution in [-0.4, -0.2) is 44.9 Å². The van der Waals surface area contributed by atoms with Crippen LogP contribution in [0.2, 0.25) is 10.0 Å². The van der Waals surface area contributed by atoms with E-state index >= 15 is 0 Å². The molecule has 1 aliphatic rings. The summed E-state index contributed by atoms with van der Waals surface area (Å²) in [5, 5.41) is 0.0941. The quantitative estimate of drug-likeness (QED) is 0.474. The summed E-state index contributed by atoms with van der Waals surface area (Å²) < 4.78 is 31.3. The second-order valence-corrected chi connectivity index (χ2v) is 10.9. The highest BCUT2D eigenvalue weighted by atomic mass is 35.5. The molecule has 6 nitrogen and oxygen atoms in total. The molecular weight excluding hydrogens is 483 g/mol. The zero-order chi connectivity index (χ0) is 23.8. The molecule has 1 atom stereocenters. The van der Waals surface area contributed by atoms with Crippen molar-refractivity contribution in [2.45, 2.75) is 30.5 Å². The molecule has 0 saturated carbocycles. The van der Waals surface area contributed by atoms with E-state index in [1.807, 2.05) is 6.07 Å². The maximum atomic E-state index is 13.0. The van der Waals surface area contributed by atoms with Gasteiger partial charge >= 0.3 is 0 Å². The van der Waals surface area contributed by atoms with Crippen molar-refractivity contribution in [3.63, 3.8) is 0 Å². The molecule has 1 unspecified atom stereocenters. The van der Waals surface area contributed by atoms with Crippen LogP contribution >= 0.6 is 23.2 Å². The van der Waals surface area contributed by atoms with E-state index in [9.17, 15) is 13.2 Å². The van der Waals surface area contributed by atoms with Crippen molar-refractivity contribution < 1.29 is 17.6 Å². The van der Waals surface area contributed by atoms with Crippen LogP contribution in [0.3, 0.4) is 0 Å². The number of aryl methyl sites for hydroxylation is 1. The van der Waals surface area contributed by atoms with Gasteiger partial charge in [0.15, 0.2) is 15.6 Å². The van der Waals surface area contributed by atoms with E-state index in [1.54, 1.807) is 11.0 Å². The van der Waals surface area contributed by atoms with E-state index in [2.05, 4.69) is 36.9 Å². The molecule has 174 valence electrons. The average Bonchev–Trinajstić information content (AvgIpc) is 3.20. The van der Waals surface area contributed by atoms with Crippen molar-refractivity contribution >= 4 is 44.6 Å². The second-order valence-electron chi connectivity index (χ2n) is 8.21. The first kappa shape index (κ1) is 23.7. The number of amides is 1. The molecular formula is C24H24Cl2N2O4S. The van der Waals surface area contributed by atoms with Crippen molar-refractivity contribution in [2.75, 3.05) is 24.5 Å². The summed E-state index contributed by atoms with van der Waals surface area (Å²) >= 11 is 12.1. The predicted molar refractivity (Wildman–Crippen MR) is 130 cm³/mol. The summed E-state index contributed by atoms with van der Waals surface area (Å²) in [6.45, 7) is 5.91. The van der Waals surface area contributed by atoms with Crippen LogP contribution in [0, 0.1) is 6.92 Å². The smallest absolute Gasteiger partial charge is 0.289 e. The van der Waals surface area contributed by atoms with Crippen molar-refractivity contribution in [1.29, 1.82) is 0 Å². The van der Waals surface area contributed by atoms with E-state index in [0.29, 0.717) is 19.6 Å². The van der Waals surface area contributed by atoms with E-state index in [1.165, 1.54) is 29.8 Å². The lowest BCUT2D eigenvalue weighted by Crippen LogP contribution is -2.53. The van der Waals surface area contributed by atoms with E-state index in [4.69, 9.17) is 27.6 Å². The van der Waals surface area contributed by atoms with Crippen LogP contribution in [0.15, 0.2) is 63.9 Å². The van der Waals surface area contributed by atoms with Gasteiger partial charge < -0.3 is 14.2 Å². The Bertz CT molecular complexity index is 1270. The zero-order valence-corrected chi connectivity index (χ0v) is 20.6. The molecule has 9 heteroatoms. The molecule has 0 radical (unpaired) electrons. The Kier molecular flexibility index (Phi) is 6.75. The van der Waals surface area contributed by atoms with Gasteiger partial charge in [-0.2, -0.15) is 0 Å². The van der Waals surface area contributed by atoms with Gasteiger partial charge in [-0.1, -0.05) is 41.4 Å². The van der Waals surface area contributed by atoms with Gasteiger partial charge in [0.2, 0.25) is 0 Å². The summed E-state index contributed by atoms with van der Waals surface area (Å²) in [6, 6.07) is 16.0. The molecule has 1 aromatic heterocycles. The van der Waals surface area contributed by atoms with Crippen molar-refractivity contribution in [3.05, 3.63) is 81.7 Å². The Labute approximate surface area is 203 Å². The SMILES string of the molecule is Cc1cccc(N2CCN(C(=O)c3ccc(CS(=O)(=O)c4c(Cl)cccc4Cl)o3)CC2C)c1. The van der Waals surface area contributed by atoms with E-state index < -0.39 is 15.6 Å². The van der Waals surface area contributed by atoms with Crippen molar-refractivity contribution in [2.24, 2.45) is 0 Å². The number of hydrogen-bond acceptors (Lipinski definition) is 5. The first-order valence-electron chi connectivity index (χ1n) is 10.5.